The highest BCUT2D eigenvalue weighted by Crippen LogP contribution is 2.31. The molecule has 1 unspecified atom stereocenters. The molecular formula is C19H32N9O3+. The highest BCUT2D eigenvalue weighted by atomic mass is 16.6. The molecule has 1 atom stereocenters. The number of hydrazine groups is 1. The third kappa shape index (κ3) is 5.72. The van der Waals surface area contributed by atoms with Gasteiger partial charge in [0.25, 0.3) is 11.6 Å². The fourth-order valence-electron chi connectivity index (χ4n) is 3.28. The Morgan fingerprint density at radius 2 is 2.16 bits per heavy atom. The number of rotatable bonds is 7. The minimum absolute atomic E-state index is 0.0405. The van der Waals surface area contributed by atoms with E-state index in [1.165, 1.54) is 11.9 Å². The van der Waals surface area contributed by atoms with Gasteiger partial charge in [-0.2, -0.15) is 0 Å². The van der Waals surface area contributed by atoms with Crippen molar-refractivity contribution in [2.45, 2.75) is 53.6 Å². The van der Waals surface area contributed by atoms with Gasteiger partial charge in [-0.3, -0.25) is 14.7 Å². The molecule has 0 radical (unpaired) electrons. The molecule has 0 bridgehead atoms. The van der Waals surface area contributed by atoms with Crippen LogP contribution in [-0.2, 0) is 11.3 Å². The first-order valence-electron chi connectivity index (χ1n) is 10.2. The van der Waals surface area contributed by atoms with Crippen LogP contribution in [0.3, 0.4) is 0 Å². The molecule has 170 valence electrons. The maximum atomic E-state index is 11.4. The summed E-state index contributed by atoms with van der Waals surface area (Å²) in [6.07, 6.45) is 0.804. The second-order valence-electron chi connectivity index (χ2n) is 9.03. The second-order valence-corrected chi connectivity index (χ2v) is 9.03. The van der Waals surface area contributed by atoms with Gasteiger partial charge in [-0.1, -0.05) is 31.1 Å². The van der Waals surface area contributed by atoms with E-state index in [2.05, 4.69) is 51.3 Å². The van der Waals surface area contributed by atoms with Crippen LogP contribution in [0.15, 0.2) is 4.63 Å². The Balaban J connectivity index is 1.90. The van der Waals surface area contributed by atoms with Crippen molar-refractivity contribution in [2.24, 2.45) is 11.3 Å². The Kier molecular flexibility index (Phi) is 6.48. The van der Waals surface area contributed by atoms with Crippen LogP contribution in [-0.4, -0.2) is 46.9 Å². The van der Waals surface area contributed by atoms with Crippen molar-refractivity contribution < 1.29 is 19.1 Å². The third-order valence-electron chi connectivity index (χ3n) is 4.82. The van der Waals surface area contributed by atoms with Crippen molar-refractivity contribution in [3.05, 3.63) is 11.4 Å². The minimum atomic E-state index is -0.0622. The summed E-state index contributed by atoms with van der Waals surface area (Å²) < 4.78 is 10.7. The van der Waals surface area contributed by atoms with E-state index < -0.39 is 0 Å². The van der Waals surface area contributed by atoms with Gasteiger partial charge in [-0.15, -0.1) is 0 Å². The number of ether oxygens (including phenoxy) is 1. The van der Waals surface area contributed by atoms with Gasteiger partial charge in [-0.05, 0) is 17.3 Å². The number of carbonyl (C=O) groups excluding carboxylic acids is 1. The van der Waals surface area contributed by atoms with Crippen LogP contribution >= 0.6 is 0 Å². The van der Waals surface area contributed by atoms with E-state index in [-0.39, 0.29) is 23.9 Å². The minimum Gasteiger partial charge on any atom is -0.440 e. The number of aromatic amines is 1. The maximum absolute atomic E-state index is 11.4. The summed E-state index contributed by atoms with van der Waals surface area (Å²) in [5.74, 6) is 7.24. The number of hydrogen-bond acceptors (Lipinski definition) is 10. The number of aryl methyl sites for hydroxylation is 1. The first-order chi connectivity index (χ1) is 14.5. The lowest BCUT2D eigenvalue weighted by Gasteiger charge is -2.21. The van der Waals surface area contributed by atoms with Gasteiger partial charge in [0.2, 0.25) is 5.91 Å². The van der Waals surface area contributed by atoms with Crippen LogP contribution < -0.4 is 36.5 Å². The predicted octanol–water partition coefficient (Wildman–Crippen LogP) is 0.189. The van der Waals surface area contributed by atoms with E-state index in [1.807, 2.05) is 0 Å². The van der Waals surface area contributed by atoms with Crippen LogP contribution in [0.2, 0.25) is 0 Å². The molecule has 12 nitrogen and oxygen atoms in total. The summed E-state index contributed by atoms with van der Waals surface area (Å²) in [6, 6.07) is 0.348. The summed E-state index contributed by atoms with van der Waals surface area (Å²) in [5, 5.41) is 12.0. The van der Waals surface area contributed by atoms with E-state index in [9.17, 15) is 4.79 Å². The number of amides is 1. The lowest BCUT2D eigenvalue weighted by atomic mass is 9.99. The Hall–Kier alpha value is -3.15. The van der Waals surface area contributed by atoms with Crippen molar-refractivity contribution in [1.29, 1.82) is 0 Å². The molecule has 0 saturated carbocycles. The summed E-state index contributed by atoms with van der Waals surface area (Å²) >= 11 is 0. The van der Waals surface area contributed by atoms with Gasteiger partial charge in [-0.25, -0.2) is 15.5 Å². The zero-order valence-corrected chi connectivity index (χ0v) is 18.7. The lowest BCUT2D eigenvalue weighted by molar-refractivity contribution is -0.386. The van der Waals surface area contributed by atoms with Crippen LogP contribution in [0.5, 0.6) is 6.01 Å². The summed E-state index contributed by atoms with van der Waals surface area (Å²) in [7, 11) is 0. The van der Waals surface area contributed by atoms with Crippen molar-refractivity contribution in [1.82, 2.24) is 20.6 Å². The normalized spacial score (nSPS) is 16.5. The second kappa shape index (κ2) is 8.92. The zero-order valence-electron chi connectivity index (χ0n) is 18.7. The number of aromatic nitrogens is 4. The molecule has 1 aliphatic heterocycles. The largest absolute Gasteiger partial charge is 0.440 e. The fourth-order valence-corrected chi connectivity index (χ4v) is 3.28. The molecule has 0 spiro atoms. The first kappa shape index (κ1) is 22.5. The fraction of sp³-hybridized carbons (Fsp3) is 0.632. The number of hydrogen-bond donors (Lipinski definition) is 3. The molecule has 0 aliphatic carbocycles. The van der Waals surface area contributed by atoms with E-state index in [1.54, 1.807) is 6.92 Å². The molecule has 2 aromatic heterocycles. The number of nitrogen functional groups attached to an aromatic ring is 1. The molecule has 2 aromatic rings. The number of carbonyl (C=O) groups is 1. The highest BCUT2D eigenvalue weighted by molar-refractivity contribution is 5.75. The SMILES string of the molecule is CC(=O)NC1CCN(c2[nH+]c(OCC(C)(C)C)nc(N(N)Cc3nonc3C)c2N)C1. The topological polar surface area (TPSA) is 163 Å². The molecule has 1 fully saturated rings. The molecule has 1 amide bonds. The quantitative estimate of drug-likeness (QED) is 0.405. The number of anilines is 3. The molecule has 31 heavy (non-hydrogen) atoms. The van der Waals surface area contributed by atoms with Crippen molar-refractivity contribution in [2.75, 3.05) is 35.3 Å². The average molecular weight is 435 g/mol. The van der Waals surface area contributed by atoms with E-state index in [0.717, 1.165) is 6.42 Å². The van der Waals surface area contributed by atoms with Crippen LogP contribution in [0.4, 0.5) is 17.3 Å². The number of nitrogens with two attached hydrogens (primary N) is 2. The third-order valence-corrected chi connectivity index (χ3v) is 4.82. The number of H-pyrrole nitrogens is 1. The van der Waals surface area contributed by atoms with Crippen LogP contribution in [0, 0.1) is 12.3 Å². The molecule has 6 N–H and O–H groups in total. The highest BCUT2D eigenvalue weighted by Gasteiger charge is 2.33. The van der Waals surface area contributed by atoms with Crippen molar-refractivity contribution in [3.8, 4) is 6.01 Å². The first-order valence-corrected chi connectivity index (χ1v) is 10.2. The average Bonchev–Trinajstić information content (AvgIpc) is 3.29. The maximum Gasteiger partial charge on any atom is 0.433 e. The van der Waals surface area contributed by atoms with Crippen molar-refractivity contribution in [3.63, 3.8) is 0 Å². The predicted molar refractivity (Wildman–Crippen MR) is 114 cm³/mol. The number of nitrogens with one attached hydrogen (secondary N) is 2. The molecule has 12 heteroatoms. The molecule has 3 rings (SSSR count). The summed E-state index contributed by atoms with van der Waals surface area (Å²) in [5.41, 5.74) is 8.01. The van der Waals surface area contributed by atoms with E-state index in [0.29, 0.717) is 54.4 Å². The van der Waals surface area contributed by atoms with Gasteiger partial charge >= 0.3 is 6.01 Å². The smallest absolute Gasteiger partial charge is 0.433 e. The molecule has 0 aromatic carbocycles. The van der Waals surface area contributed by atoms with Gasteiger partial charge < -0.3 is 15.8 Å². The van der Waals surface area contributed by atoms with Gasteiger partial charge in [0.15, 0.2) is 5.69 Å². The van der Waals surface area contributed by atoms with Gasteiger partial charge in [0.1, 0.15) is 11.4 Å². The molecule has 1 saturated heterocycles. The monoisotopic (exact) mass is 434 g/mol. The van der Waals surface area contributed by atoms with Gasteiger partial charge in [0, 0.05) is 13.3 Å². The van der Waals surface area contributed by atoms with Crippen LogP contribution in [0.1, 0.15) is 45.5 Å². The van der Waals surface area contributed by atoms with Gasteiger partial charge in [0.05, 0.1) is 32.3 Å². The van der Waals surface area contributed by atoms with Crippen molar-refractivity contribution >= 4 is 23.2 Å². The zero-order chi connectivity index (χ0) is 22.8. The molecule has 3 heterocycles. The number of nitrogens with zero attached hydrogens (tertiary/aromatic N) is 5. The summed E-state index contributed by atoms with van der Waals surface area (Å²) in [6.45, 7) is 11.5. The Labute approximate surface area is 181 Å². The van der Waals surface area contributed by atoms with E-state index >= 15 is 0 Å². The Morgan fingerprint density at radius 1 is 1.42 bits per heavy atom. The molecular weight excluding hydrogens is 402 g/mol. The van der Waals surface area contributed by atoms with E-state index in [4.69, 9.17) is 20.9 Å². The Morgan fingerprint density at radius 3 is 2.77 bits per heavy atom. The standard InChI is InChI=1S/C19H31N9O3/c1-11-14(26-31-25-11)9-28(21)17-15(20)16(23-18(24-17)30-10-19(3,4)5)27-7-6-13(8-27)22-12(2)29/h13H,6-10,20-21H2,1-5H3,(H,22,29)/p+1. The van der Waals surface area contributed by atoms with Crippen LogP contribution in [0.25, 0.3) is 0 Å². The lowest BCUT2D eigenvalue weighted by Crippen LogP contribution is -2.39. The molecule has 1 aliphatic rings. The summed E-state index contributed by atoms with van der Waals surface area (Å²) in [4.78, 5) is 21.2. The Bertz CT molecular complexity index is 925.